The van der Waals surface area contributed by atoms with Crippen LogP contribution in [0.25, 0.3) is 4.72 Å². The van der Waals surface area contributed by atoms with Gasteiger partial charge in [0.1, 0.15) is 15.8 Å². The molecule has 0 aliphatic carbocycles. The number of sulfonamides is 1. The molecule has 0 unspecified atom stereocenters. The van der Waals surface area contributed by atoms with E-state index in [1.807, 2.05) is 34.6 Å². The second kappa shape index (κ2) is 7.87. The maximum Gasteiger partial charge on any atom is 0.123 e. The minimum absolute atomic E-state index is 0.271. The second-order valence-corrected chi connectivity index (χ2v) is 9.36. The molecular formula is C23H27FN3O2S-. The Kier molecular flexibility index (Phi) is 5.78. The fraction of sp³-hybridized carbons (Fsp3) is 0.348. The Balaban J connectivity index is 2.01. The largest absolute Gasteiger partial charge is 0.570 e. The number of hydrogen-bond acceptors (Lipinski definition) is 3. The lowest BCUT2D eigenvalue weighted by molar-refractivity contribution is 0.601. The van der Waals surface area contributed by atoms with Crippen molar-refractivity contribution in [2.75, 3.05) is 0 Å². The van der Waals surface area contributed by atoms with Gasteiger partial charge in [0.2, 0.25) is 0 Å². The topological polar surface area (TPSA) is 66.1 Å². The van der Waals surface area contributed by atoms with Crippen LogP contribution in [0.2, 0.25) is 0 Å². The van der Waals surface area contributed by atoms with Crippen LogP contribution in [0.15, 0.2) is 29.2 Å². The first-order chi connectivity index (χ1) is 13.9. The number of aromatic nitrogens is 2. The molecule has 160 valence electrons. The minimum atomic E-state index is -3.92. The van der Waals surface area contributed by atoms with Gasteiger partial charge in [-0.1, -0.05) is 17.8 Å². The molecule has 0 N–H and O–H groups in total. The van der Waals surface area contributed by atoms with Gasteiger partial charge < -0.3 is 4.72 Å². The van der Waals surface area contributed by atoms with Crippen molar-refractivity contribution in [2.45, 2.75) is 59.9 Å². The zero-order valence-electron chi connectivity index (χ0n) is 18.5. The summed E-state index contributed by atoms with van der Waals surface area (Å²) in [5.74, 6) is -0.302. The minimum Gasteiger partial charge on any atom is -0.570 e. The van der Waals surface area contributed by atoms with E-state index in [9.17, 15) is 12.8 Å². The number of halogens is 1. The lowest BCUT2D eigenvalue weighted by Gasteiger charge is -2.27. The monoisotopic (exact) mass is 428 g/mol. The quantitative estimate of drug-likeness (QED) is 0.529. The molecule has 0 aliphatic rings. The van der Waals surface area contributed by atoms with E-state index in [-0.39, 0.29) is 10.7 Å². The Morgan fingerprint density at radius 3 is 1.90 bits per heavy atom. The molecule has 0 spiro atoms. The van der Waals surface area contributed by atoms with Gasteiger partial charge in [-0.3, -0.25) is 4.68 Å². The van der Waals surface area contributed by atoms with Crippen molar-refractivity contribution >= 4 is 15.7 Å². The third-order valence-electron chi connectivity index (χ3n) is 5.99. The summed E-state index contributed by atoms with van der Waals surface area (Å²) >= 11 is 0. The van der Waals surface area contributed by atoms with Crippen LogP contribution < -0.4 is 0 Å². The summed E-state index contributed by atoms with van der Waals surface area (Å²) in [4.78, 5) is 0.271. The number of aryl methyl sites for hydroxylation is 1. The van der Waals surface area contributed by atoms with Crippen molar-refractivity contribution in [1.82, 2.24) is 9.78 Å². The Hall–Kier alpha value is -2.67. The first-order valence-electron chi connectivity index (χ1n) is 9.77. The number of benzene rings is 2. The Bertz CT molecular complexity index is 1200. The van der Waals surface area contributed by atoms with E-state index in [1.54, 1.807) is 30.7 Å². The summed E-state index contributed by atoms with van der Waals surface area (Å²) in [6.07, 6.45) is 0. The molecule has 2 aromatic carbocycles. The van der Waals surface area contributed by atoms with Crippen LogP contribution in [0.3, 0.4) is 0 Å². The molecule has 5 nitrogen and oxygen atoms in total. The molecule has 1 heterocycles. The first-order valence-corrected chi connectivity index (χ1v) is 11.2. The molecule has 0 radical (unpaired) electrons. The predicted octanol–water partition coefficient (Wildman–Crippen LogP) is 5.62. The van der Waals surface area contributed by atoms with E-state index in [4.69, 9.17) is 0 Å². The third-order valence-corrected chi connectivity index (χ3v) is 7.54. The number of hydrogen-bond donors (Lipinski definition) is 0. The van der Waals surface area contributed by atoms with Gasteiger partial charge in [0.25, 0.3) is 0 Å². The van der Waals surface area contributed by atoms with Crippen LogP contribution in [0, 0.1) is 54.3 Å². The highest BCUT2D eigenvalue weighted by molar-refractivity contribution is 7.94. The SMILES string of the molecule is Cc1nn(Cc2ccc(F)cc2)c(C)c1[N-]S(=O)(=O)c1c(C)c(C)c(C)c(C)c1C. The van der Waals surface area contributed by atoms with Gasteiger partial charge in [0.05, 0.1) is 11.4 Å². The molecule has 0 aliphatic heterocycles. The average Bonchev–Trinajstić information content (AvgIpc) is 2.93. The Morgan fingerprint density at radius 2 is 1.37 bits per heavy atom. The number of nitrogens with zero attached hydrogens (tertiary/aromatic N) is 3. The molecule has 0 saturated heterocycles. The normalized spacial score (nSPS) is 11.7. The summed E-state index contributed by atoms with van der Waals surface area (Å²) in [5, 5.41) is 4.46. The molecule has 0 saturated carbocycles. The van der Waals surface area contributed by atoms with Crippen molar-refractivity contribution in [3.63, 3.8) is 0 Å². The maximum atomic E-state index is 13.3. The maximum absolute atomic E-state index is 13.3. The Labute approximate surface area is 178 Å². The van der Waals surface area contributed by atoms with E-state index in [1.165, 1.54) is 12.1 Å². The van der Waals surface area contributed by atoms with Crippen LogP contribution >= 0.6 is 0 Å². The van der Waals surface area contributed by atoms with Crippen LogP contribution in [-0.4, -0.2) is 18.2 Å². The number of rotatable bonds is 5. The van der Waals surface area contributed by atoms with Gasteiger partial charge in [-0.15, -0.1) is 0 Å². The summed E-state index contributed by atoms with van der Waals surface area (Å²) in [5.41, 5.74) is 6.90. The van der Waals surface area contributed by atoms with E-state index in [0.717, 1.165) is 33.4 Å². The van der Waals surface area contributed by atoms with Gasteiger partial charge >= 0.3 is 0 Å². The van der Waals surface area contributed by atoms with Crippen molar-refractivity contribution in [2.24, 2.45) is 0 Å². The van der Waals surface area contributed by atoms with Gasteiger partial charge in [0, 0.05) is 11.4 Å². The predicted molar refractivity (Wildman–Crippen MR) is 118 cm³/mol. The van der Waals surface area contributed by atoms with Gasteiger partial charge in [0.15, 0.2) is 0 Å². The van der Waals surface area contributed by atoms with E-state index in [2.05, 4.69) is 9.82 Å². The Morgan fingerprint density at radius 1 is 0.867 bits per heavy atom. The van der Waals surface area contributed by atoms with Crippen molar-refractivity contribution in [1.29, 1.82) is 0 Å². The van der Waals surface area contributed by atoms with Gasteiger partial charge in [-0.2, -0.15) is 5.10 Å². The highest BCUT2D eigenvalue weighted by Crippen LogP contribution is 2.38. The molecular weight excluding hydrogens is 401 g/mol. The van der Waals surface area contributed by atoms with Gasteiger partial charge in [-0.05, 0) is 94.0 Å². The summed E-state index contributed by atoms with van der Waals surface area (Å²) in [7, 11) is -3.92. The molecule has 1 aromatic heterocycles. The average molecular weight is 429 g/mol. The van der Waals surface area contributed by atoms with Crippen LogP contribution in [0.4, 0.5) is 10.1 Å². The van der Waals surface area contributed by atoms with Crippen LogP contribution in [-0.2, 0) is 16.6 Å². The highest BCUT2D eigenvalue weighted by Gasteiger charge is 2.19. The zero-order chi connectivity index (χ0) is 22.4. The summed E-state index contributed by atoms with van der Waals surface area (Å²) in [6.45, 7) is 13.5. The molecule has 0 bridgehead atoms. The lowest BCUT2D eigenvalue weighted by Crippen LogP contribution is -2.09. The standard InChI is InChI=1S/C23H27FN3O2S/c1-13-14(2)16(4)23(17(5)15(13)3)30(28,29)26-22-18(6)25-27(19(22)7)12-20-8-10-21(24)11-9-20/h8-11H,12H2,1-7H3/q-1. The van der Waals surface area contributed by atoms with E-state index < -0.39 is 10.0 Å². The molecule has 7 heteroatoms. The molecule has 3 aromatic rings. The molecule has 0 amide bonds. The zero-order valence-corrected chi connectivity index (χ0v) is 19.3. The fourth-order valence-corrected chi connectivity index (χ4v) is 5.43. The van der Waals surface area contributed by atoms with Crippen molar-refractivity contribution in [3.05, 3.63) is 79.6 Å². The lowest BCUT2D eigenvalue weighted by atomic mass is 9.95. The van der Waals surface area contributed by atoms with Crippen molar-refractivity contribution in [3.8, 4) is 0 Å². The van der Waals surface area contributed by atoms with Crippen LogP contribution in [0.5, 0.6) is 0 Å². The first kappa shape index (κ1) is 22.0. The smallest absolute Gasteiger partial charge is 0.123 e. The molecule has 0 atom stereocenters. The summed E-state index contributed by atoms with van der Waals surface area (Å²) < 4.78 is 45.7. The molecule has 0 fully saturated rings. The second-order valence-electron chi connectivity index (χ2n) is 7.82. The van der Waals surface area contributed by atoms with Crippen molar-refractivity contribution < 1.29 is 12.8 Å². The summed E-state index contributed by atoms with van der Waals surface area (Å²) in [6, 6.07) is 6.16. The van der Waals surface area contributed by atoms with E-state index in [0.29, 0.717) is 23.6 Å². The molecule has 30 heavy (non-hydrogen) atoms. The fourth-order valence-electron chi connectivity index (χ4n) is 3.75. The van der Waals surface area contributed by atoms with Gasteiger partial charge in [-0.25, -0.2) is 12.8 Å². The highest BCUT2D eigenvalue weighted by atomic mass is 32.2. The molecule has 3 rings (SSSR count). The van der Waals surface area contributed by atoms with Crippen LogP contribution in [0.1, 0.15) is 44.8 Å². The third kappa shape index (κ3) is 3.86. The van der Waals surface area contributed by atoms with E-state index >= 15 is 0 Å².